The van der Waals surface area contributed by atoms with Crippen molar-refractivity contribution in [1.82, 2.24) is 15.2 Å². The predicted molar refractivity (Wildman–Crippen MR) is 150 cm³/mol. The lowest BCUT2D eigenvalue weighted by atomic mass is 10.0. The highest BCUT2D eigenvalue weighted by Crippen LogP contribution is 2.29. The maximum Gasteiger partial charge on any atom is 0.305 e. The van der Waals surface area contributed by atoms with Gasteiger partial charge < -0.3 is 25.0 Å². The Hall–Kier alpha value is -2.68. The largest absolute Gasteiger partial charge is 0.506 e. The Kier molecular flexibility index (Phi) is 10.2. The van der Waals surface area contributed by atoms with E-state index in [-0.39, 0.29) is 22.6 Å². The fourth-order valence-corrected chi connectivity index (χ4v) is 6.01. The molecule has 1 aliphatic heterocycles. The van der Waals surface area contributed by atoms with Crippen molar-refractivity contribution in [3.8, 4) is 5.75 Å². The van der Waals surface area contributed by atoms with E-state index in [9.17, 15) is 14.7 Å². The lowest BCUT2D eigenvalue weighted by Crippen LogP contribution is -2.44. The molecular formula is C29H39N3O4S. The summed E-state index contributed by atoms with van der Waals surface area (Å²) < 4.78 is 6.38. The van der Waals surface area contributed by atoms with Crippen LogP contribution in [0.2, 0.25) is 0 Å². The van der Waals surface area contributed by atoms with E-state index in [1.807, 2.05) is 6.07 Å². The van der Waals surface area contributed by atoms with Crippen LogP contribution in [0, 0.1) is 6.92 Å². The fraction of sp³-hybridized carbons (Fsp3) is 0.517. The van der Waals surface area contributed by atoms with Crippen LogP contribution in [-0.2, 0) is 22.4 Å². The van der Waals surface area contributed by atoms with Crippen LogP contribution in [0.25, 0.3) is 10.2 Å². The lowest BCUT2D eigenvalue weighted by Gasteiger charge is -2.34. The maximum absolute atomic E-state index is 13.2. The van der Waals surface area contributed by atoms with Gasteiger partial charge in [-0.15, -0.1) is 0 Å². The van der Waals surface area contributed by atoms with Gasteiger partial charge in [0.25, 0.3) is 0 Å². The van der Waals surface area contributed by atoms with Gasteiger partial charge in [0.15, 0.2) is 0 Å². The van der Waals surface area contributed by atoms with Gasteiger partial charge in [-0.1, -0.05) is 53.7 Å². The molecule has 0 radical (unpaired) electrons. The molecule has 3 aromatic rings. The quantitative estimate of drug-likeness (QED) is 0.285. The number of amides is 1. The molecule has 1 fully saturated rings. The van der Waals surface area contributed by atoms with E-state index in [0.717, 1.165) is 92.8 Å². The number of aromatic amines is 1. The molecule has 0 bridgehead atoms. The zero-order valence-corrected chi connectivity index (χ0v) is 22.6. The molecule has 2 heterocycles. The van der Waals surface area contributed by atoms with Gasteiger partial charge in [-0.2, -0.15) is 0 Å². The normalized spacial score (nSPS) is 14.3. The minimum atomic E-state index is -0.145. The second kappa shape index (κ2) is 13.7. The zero-order chi connectivity index (χ0) is 26.0. The number of fused-ring (bicyclic) bond motifs is 1. The number of aromatic hydroxyl groups is 1. The molecule has 1 aliphatic rings. The number of hydrogen-bond acceptors (Lipinski definition) is 6. The Morgan fingerprint density at radius 2 is 1.97 bits per heavy atom. The number of ether oxygens (including phenoxy) is 1. The summed E-state index contributed by atoms with van der Waals surface area (Å²) in [7, 11) is 0. The number of aryl methyl sites for hydroxylation is 2. The van der Waals surface area contributed by atoms with Crippen LogP contribution in [0.4, 0.5) is 0 Å². The standard InChI is InChI=1S/C29H39N3O4S/c1-21-6-5-7-22(20-21)11-15-30-16-12-26(34)32(24-13-18-36-19-14-24)17-4-2-3-8-23-9-10-25(33)27-28(23)37-29(35)31-27/h5-7,9-10,20,24,30,33H,2-4,8,11-19H2,1H3,(H,31,35). The first-order chi connectivity index (χ1) is 18.0. The van der Waals surface area contributed by atoms with E-state index < -0.39 is 0 Å². The van der Waals surface area contributed by atoms with Crippen molar-refractivity contribution in [3.63, 3.8) is 0 Å². The molecule has 0 saturated carbocycles. The molecule has 200 valence electrons. The Morgan fingerprint density at radius 3 is 2.78 bits per heavy atom. The molecule has 0 spiro atoms. The summed E-state index contributed by atoms with van der Waals surface area (Å²) >= 11 is 1.15. The molecule has 4 rings (SSSR count). The first-order valence-electron chi connectivity index (χ1n) is 13.5. The molecular weight excluding hydrogens is 486 g/mol. The van der Waals surface area contributed by atoms with Crippen LogP contribution < -0.4 is 10.2 Å². The van der Waals surface area contributed by atoms with E-state index in [4.69, 9.17) is 4.74 Å². The van der Waals surface area contributed by atoms with Gasteiger partial charge in [-0.25, -0.2) is 0 Å². The van der Waals surface area contributed by atoms with Crippen LogP contribution in [0.3, 0.4) is 0 Å². The van der Waals surface area contributed by atoms with Crippen molar-refractivity contribution in [2.45, 2.75) is 64.3 Å². The molecule has 1 aromatic heterocycles. The van der Waals surface area contributed by atoms with Gasteiger partial charge in [0.05, 0.1) is 4.70 Å². The molecule has 2 aromatic carbocycles. The fourth-order valence-electron chi connectivity index (χ4n) is 5.12. The van der Waals surface area contributed by atoms with Gasteiger partial charge in [0, 0.05) is 38.8 Å². The number of phenolic OH excluding ortho intramolecular Hbond substituents is 1. The third kappa shape index (κ3) is 7.90. The van der Waals surface area contributed by atoms with Gasteiger partial charge in [-0.3, -0.25) is 9.59 Å². The number of carbonyl (C=O) groups is 1. The average Bonchev–Trinajstić information content (AvgIpc) is 3.30. The second-order valence-corrected chi connectivity index (χ2v) is 10.9. The van der Waals surface area contributed by atoms with E-state index in [0.29, 0.717) is 18.5 Å². The first-order valence-corrected chi connectivity index (χ1v) is 14.3. The summed E-state index contributed by atoms with van der Waals surface area (Å²) in [5.74, 6) is 0.347. The Morgan fingerprint density at radius 1 is 1.14 bits per heavy atom. The van der Waals surface area contributed by atoms with Crippen LogP contribution in [-0.4, -0.2) is 59.8 Å². The summed E-state index contributed by atoms with van der Waals surface area (Å²) in [5, 5.41) is 13.4. The van der Waals surface area contributed by atoms with Crippen LogP contribution in [0.15, 0.2) is 41.2 Å². The summed E-state index contributed by atoms with van der Waals surface area (Å²) in [4.78, 5) is 29.6. The SMILES string of the molecule is Cc1cccc(CCNCCC(=O)N(CCCCCc2ccc(O)c3[nH]c(=O)sc23)C2CCOCC2)c1. The summed E-state index contributed by atoms with van der Waals surface area (Å²) in [6.45, 7) is 5.89. The molecule has 0 unspecified atom stereocenters. The minimum Gasteiger partial charge on any atom is -0.506 e. The second-order valence-electron chi connectivity index (χ2n) is 9.94. The highest BCUT2D eigenvalue weighted by Gasteiger charge is 2.25. The lowest BCUT2D eigenvalue weighted by molar-refractivity contribution is -0.135. The van der Waals surface area contributed by atoms with E-state index >= 15 is 0 Å². The highest BCUT2D eigenvalue weighted by molar-refractivity contribution is 7.16. The van der Waals surface area contributed by atoms with E-state index in [2.05, 4.69) is 46.4 Å². The number of benzene rings is 2. The molecule has 1 amide bonds. The number of nitrogens with zero attached hydrogens (tertiary/aromatic N) is 1. The first kappa shape index (κ1) is 27.4. The van der Waals surface area contributed by atoms with E-state index in [1.54, 1.807) is 6.07 Å². The summed E-state index contributed by atoms with van der Waals surface area (Å²) in [6, 6.07) is 12.4. The Labute approximate surface area is 222 Å². The van der Waals surface area contributed by atoms with Crippen LogP contribution in [0.1, 0.15) is 55.2 Å². The molecule has 37 heavy (non-hydrogen) atoms. The van der Waals surface area contributed by atoms with Crippen LogP contribution in [0.5, 0.6) is 5.75 Å². The molecule has 3 N–H and O–H groups in total. The number of hydrogen-bond donors (Lipinski definition) is 3. The Balaban J connectivity index is 1.22. The van der Waals surface area contributed by atoms with Crippen molar-refractivity contribution in [1.29, 1.82) is 0 Å². The third-order valence-corrected chi connectivity index (χ3v) is 8.08. The molecule has 1 saturated heterocycles. The Bertz CT molecular complexity index is 1220. The average molecular weight is 526 g/mol. The van der Waals surface area contributed by atoms with Crippen LogP contribution >= 0.6 is 11.3 Å². The number of nitrogens with one attached hydrogen (secondary N) is 2. The number of aromatic nitrogens is 1. The van der Waals surface area contributed by atoms with Crippen molar-refractivity contribution >= 4 is 27.5 Å². The van der Waals surface area contributed by atoms with Crippen molar-refractivity contribution in [2.24, 2.45) is 0 Å². The minimum absolute atomic E-state index is 0.118. The zero-order valence-electron chi connectivity index (χ0n) is 21.8. The summed E-state index contributed by atoms with van der Waals surface area (Å²) in [6.07, 6.45) is 7.07. The number of rotatable bonds is 13. The van der Waals surface area contributed by atoms with E-state index in [1.165, 1.54) is 11.1 Å². The van der Waals surface area contributed by atoms with Crippen molar-refractivity contribution < 1.29 is 14.6 Å². The number of H-pyrrole nitrogens is 1. The van der Waals surface area contributed by atoms with Gasteiger partial charge >= 0.3 is 4.87 Å². The van der Waals surface area contributed by atoms with Gasteiger partial charge in [0.2, 0.25) is 5.91 Å². The van der Waals surface area contributed by atoms with Gasteiger partial charge in [-0.05, 0) is 69.2 Å². The van der Waals surface area contributed by atoms with Crippen molar-refractivity contribution in [2.75, 3.05) is 32.8 Å². The third-order valence-electron chi connectivity index (χ3n) is 7.12. The number of phenols is 1. The highest BCUT2D eigenvalue weighted by atomic mass is 32.1. The smallest absolute Gasteiger partial charge is 0.305 e. The molecule has 0 aliphatic carbocycles. The van der Waals surface area contributed by atoms with Crippen molar-refractivity contribution in [3.05, 3.63) is 62.8 Å². The summed E-state index contributed by atoms with van der Waals surface area (Å²) in [5.41, 5.74) is 4.22. The number of carbonyl (C=O) groups excluding carboxylic acids is 1. The molecule has 0 atom stereocenters. The number of thiazole rings is 1. The van der Waals surface area contributed by atoms with Gasteiger partial charge in [0.1, 0.15) is 11.3 Å². The predicted octanol–water partition coefficient (Wildman–Crippen LogP) is 4.55. The molecule has 7 nitrogen and oxygen atoms in total. The number of unbranched alkanes of at least 4 members (excludes halogenated alkanes) is 2. The topological polar surface area (TPSA) is 94.7 Å². The monoisotopic (exact) mass is 525 g/mol. The maximum atomic E-state index is 13.2. The molecule has 8 heteroatoms.